The zero-order valence-corrected chi connectivity index (χ0v) is 11.4. The van der Waals surface area contributed by atoms with Crippen LogP contribution in [0.1, 0.15) is 33.6 Å². The molecule has 1 radical (unpaired) electrons. The Morgan fingerprint density at radius 2 is 1.63 bits per heavy atom. The molecule has 1 fully saturated rings. The lowest BCUT2D eigenvalue weighted by Crippen LogP contribution is -2.45. The smallest absolute Gasteiger partial charge is 0.303 e. The Kier molecular flexibility index (Phi) is 5.79. The van der Waals surface area contributed by atoms with Crippen LogP contribution in [0.5, 0.6) is 0 Å². The van der Waals surface area contributed by atoms with Gasteiger partial charge >= 0.3 is 17.9 Å². The second-order valence-electron chi connectivity index (χ2n) is 4.54. The van der Waals surface area contributed by atoms with E-state index in [0.717, 1.165) is 0 Å². The summed E-state index contributed by atoms with van der Waals surface area (Å²) in [6, 6.07) is 0. The normalized spacial score (nSPS) is 26.4. The number of esters is 3. The quantitative estimate of drug-likeness (QED) is 0.561. The van der Waals surface area contributed by atoms with Crippen molar-refractivity contribution in [2.24, 2.45) is 5.92 Å². The maximum absolute atomic E-state index is 11.1. The summed E-state index contributed by atoms with van der Waals surface area (Å²) in [5, 5.41) is 0. The van der Waals surface area contributed by atoms with Crippen LogP contribution in [0.3, 0.4) is 0 Å². The van der Waals surface area contributed by atoms with Crippen molar-refractivity contribution in [3.63, 3.8) is 0 Å². The lowest BCUT2D eigenvalue weighted by molar-refractivity contribution is -0.175. The summed E-state index contributed by atoms with van der Waals surface area (Å²) in [6.07, 6.45) is 2.01. The molecule has 0 heterocycles. The minimum atomic E-state index is -0.578. The maximum atomic E-state index is 11.1. The Bertz CT molecular complexity index is 351. The van der Waals surface area contributed by atoms with Crippen LogP contribution in [0, 0.1) is 12.3 Å². The summed E-state index contributed by atoms with van der Waals surface area (Å²) >= 11 is 0. The molecule has 6 heteroatoms. The summed E-state index contributed by atoms with van der Waals surface area (Å²) in [5.41, 5.74) is 0. The van der Waals surface area contributed by atoms with Crippen molar-refractivity contribution < 1.29 is 28.6 Å². The predicted octanol–water partition coefficient (Wildman–Crippen LogP) is 1.03. The molecule has 0 bridgehead atoms. The van der Waals surface area contributed by atoms with Gasteiger partial charge in [-0.3, -0.25) is 14.4 Å². The van der Waals surface area contributed by atoms with Gasteiger partial charge in [0.05, 0.1) is 6.61 Å². The Balaban J connectivity index is 2.72. The van der Waals surface area contributed by atoms with Gasteiger partial charge in [-0.1, -0.05) is 0 Å². The van der Waals surface area contributed by atoms with E-state index in [-0.39, 0.29) is 12.5 Å². The minimum absolute atomic E-state index is 0.140. The lowest BCUT2D eigenvalue weighted by Gasteiger charge is -2.36. The van der Waals surface area contributed by atoms with Crippen LogP contribution in [0.15, 0.2) is 0 Å². The van der Waals surface area contributed by atoms with Crippen LogP contribution in [-0.2, 0) is 28.6 Å². The fraction of sp³-hybridized carbons (Fsp3) is 0.692. The molecule has 0 saturated heterocycles. The fourth-order valence-electron chi connectivity index (χ4n) is 2.13. The Morgan fingerprint density at radius 3 is 2.16 bits per heavy atom. The van der Waals surface area contributed by atoms with E-state index in [1.807, 2.05) is 6.42 Å². The molecule has 1 saturated carbocycles. The SMILES string of the molecule is CC(=O)OC[C@H]1C[CH]C[C@@H](OC(C)=O)[C@@H]1OC(C)=O. The lowest BCUT2D eigenvalue weighted by atomic mass is 9.84. The first-order valence-corrected chi connectivity index (χ1v) is 6.19. The zero-order chi connectivity index (χ0) is 14.4. The van der Waals surface area contributed by atoms with Crippen molar-refractivity contribution in [1.29, 1.82) is 0 Å². The monoisotopic (exact) mass is 271 g/mol. The van der Waals surface area contributed by atoms with Crippen molar-refractivity contribution in [1.82, 2.24) is 0 Å². The van der Waals surface area contributed by atoms with Crippen LogP contribution < -0.4 is 0 Å². The second-order valence-corrected chi connectivity index (χ2v) is 4.54. The van der Waals surface area contributed by atoms with Crippen molar-refractivity contribution in [2.45, 2.75) is 45.8 Å². The molecule has 6 nitrogen and oxygen atoms in total. The molecule has 3 atom stereocenters. The summed E-state index contributed by atoms with van der Waals surface area (Å²) in [4.78, 5) is 33.0. The average Bonchev–Trinajstić information content (AvgIpc) is 2.28. The second kappa shape index (κ2) is 7.11. The third-order valence-electron chi connectivity index (χ3n) is 2.82. The molecule has 107 valence electrons. The Hall–Kier alpha value is -1.59. The summed E-state index contributed by atoms with van der Waals surface area (Å²) in [5.74, 6) is -1.46. The molecule has 0 N–H and O–H groups in total. The van der Waals surface area contributed by atoms with Crippen molar-refractivity contribution in [3.05, 3.63) is 6.42 Å². The third kappa shape index (κ3) is 5.28. The van der Waals surface area contributed by atoms with Gasteiger partial charge in [0.2, 0.25) is 0 Å². The molecule has 19 heavy (non-hydrogen) atoms. The van der Waals surface area contributed by atoms with E-state index in [9.17, 15) is 14.4 Å². The molecule has 0 amide bonds. The van der Waals surface area contributed by atoms with E-state index in [0.29, 0.717) is 12.8 Å². The van der Waals surface area contributed by atoms with Gasteiger partial charge in [-0.25, -0.2) is 0 Å². The first kappa shape index (κ1) is 15.5. The Labute approximate surface area is 112 Å². The van der Waals surface area contributed by atoms with E-state index in [1.165, 1.54) is 20.8 Å². The van der Waals surface area contributed by atoms with E-state index < -0.39 is 30.1 Å². The number of hydrogen-bond acceptors (Lipinski definition) is 6. The summed E-state index contributed by atoms with van der Waals surface area (Å²) < 4.78 is 15.3. The first-order valence-electron chi connectivity index (χ1n) is 6.19. The predicted molar refractivity (Wildman–Crippen MR) is 64.8 cm³/mol. The van der Waals surface area contributed by atoms with Crippen LogP contribution >= 0.6 is 0 Å². The van der Waals surface area contributed by atoms with Crippen LogP contribution in [-0.4, -0.2) is 36.7 Å². The topological polar surface area (TPSA) is 78.9 Å². The van der Waals surface area contributed by atoms with E-state index in [1.54, 1.807) is 0 Å². The molecule has 0 unspecified atom stereocenters. The zero-order valence-electron chi connectivity index (χ0n) is 11.4. The largest absolute Gasteiger partial charge is 0.465 e. The molecule has 1 rings (SSSR count). The van der Waals surface area contributed by atoms with Crippen molar-refractivity contribution in [3.8, 4) is 0 Å². The van der Waals surface area contributed by atoms with Crippen LogP contribution in [0.25, 0.3) is 0 Å². The molecular formula is C13H19O6. The molecule has 0 aromatic carbocycles. The highest BCUT2D eigenvalue weighted by Gasteiger charge is 2.38. The molecule has 0 spiro atoms. The molecule has 0 aromatic heterocycles. The average molecular weight is 271 g/mol. The highest BCUT2D eigenvalue weighted by molar-refractivity contribution is 5.67. The molecular weight excluding hydrogens is 252 g/mol. The number of rotatable bonds is 4. The highest BCUT2D eigenvalue weighted by Crippen LogP contribution is 2.29. The summed E-state index contributed by atoms with van der Waals surface area (Å²) in [6.45, 7) is 4.06. The van der Waals surface area contributed by atoms with Crippen LogP contribution in [0.4, 0.5) is 0 Å². The molecule has 0 aromatic rings. The van der Waals surface area contributed by atoms with Gasteiger partial charge in [0, 0.05) is 26.7 Å². The third-order valence-corrected chi connectivity index (χ3v) is 2.82. The van der Waals surface area contributed by atoms with Gasteiger partial charge in [-0.2, -0.15) is 0 Å². The van der Waals surface area contributed by atoms with Gasteiger partial charge in [0.1, 0.15) is 12.2 Å². The Morgan fingerprint density at radius 1 is 1.00 bits per heavy atom. The standard InChI is InChI=1S/C13H19O6/c1-8(14)17-7-11-5-4-6-12(18-9(2)15)13(11)19-10(3)16/h4,11-13H,5-7H2,1-3H3/t11-,12-,13-/m1/s1. The van der Waals surface area contributed by atoms with Gasteiger partial charge in [-0.05, 0) is 19.3 Å². The van der Waals surface area contributed by atoms with E-state index in [2.05, 4.69) is 0 Å². The maximum Gasteiger partial charge on any atom is 0.303 e. The highest BCUT2D eigenvalue weighted by atomic mass is 16.6. The number of carbonyl (C=O) groups excluding carboxylic acids is 3. The molecule has 1 aliphatic rings. The van der Waals surface area contributed by atoms with Gasteiger partial charge in [-0.15, -0.1) is 0 Å². The van der Waals surface area contributed by atoms with Crippen molar-refractivity contribution in [2.75, 3.05) is 6.61 Å². The molecule has 0 aliphatic heterocycles. The van der Waals surface area contributed by atoms with Gasteiger partial charge in [0.15, 0.2) is 0 Å². The van der Waals surface area contributed by atoms with Crippen LogP contribution in [0.2, 0.25) is 0 Å². The summed E-state index contributed by atoms with van der Waals surface area (Å²) in [7, 11) is 0. The number of carbonyl (C=O) groups is 3. The van der Waals surface area contributed by atoms with Gasteiger partial charge in [0.25, 0.3) is 0 Å². The molecule has 1 aliphatic carbocycles. The minimum Gasteiger partial charge on any atom is -0.465 e. The number of ether oxygens (including phenoxy) is 3. The number of hydrogen-bond donors (Lipinski definition) is 0. The van der Waals surface area contributed by atoms with Crippen molar-refractivity contribution >= 4 is 17.9 Å². The fourth-order valence-corrected chi connectivity index (χ4v) is 2.13. The first-order chi connectivity index (χ1) is 8.90. The van der Waals surface area contributed by atoms with E-state index >= 15 is 0 Å². The van der Waals surface area contributed by atoms with Gasteiger partial charge < -0.3 is 14.2 Å². The van der Waals surface area contributed by atoms with E-state index in [4.69, 9.17) is 14.2 Å².